The third kappa shape index (κ3) is 3.52. The Kier molecular flexibility index (Phi) is 5.21. The maximum absolute atomic E-state index is 12.6. The summed E-state index contributed by atoms with van der Waals surface area (Å²) in [5.41, 5.74) is 5.03. The summed E-state index contributed by atoms with van der Waals surface area (Å²) in [5, 5.41) is 0.898. The van der Waals surface area contributed by atoms with Gasteiger partial charge in [-0.15, -0.1) is 11.8 Å². The SMILES string of the molecule is CN(C)c1ccc(C2SCC(=O)N2NC(=O)CN2C(=O)c3ccccc3C2=O)cc1. The lowest BCUT2D eigenvalue weighted by Crippen LogP contribution is -2.49. The monoisotopic (exact) mass is 424 g/mol. The fourth-order valence-corrected chi connectivity index (χ4v) is 4.53. The standard InChI is InChI=1S/C21H20N4O4S/c1-23(2)14-9-7-13(8-10-14)21-25(18(27)12-30-21)22-17(26)11-24-19(28)15-5-3-4-6-16(15)20(24)29/h3-10,21H,11-12H2,1-2H3,(H,22,26). The van der Waals surface area contributed by atoms with Gasteiger partial charge in [0, 0.05) is 19.8 Å². The van der Waals surface area contributed by atoms with E-state index in [1.807, 2.05) is 43.3 Å². The number of benzene rings is 2. The maximum Gasteiger partial charge on any atom is 0.262 e. The van der Waals surface area contributed by atoms with Crippen molar-refractivity contribution in [1.82, 2.24) is 15.3 Å². The molecule has 2 aliphatic heterocycles. The van der Waals surface area contributed by atoms with Crippen LogP contribution >= 0.6 is 11.8 Å². The van der Waals surface area contributed by atoms with Crippen molar-refractivity contribution in [3.8, 4) is 0 Å². The molecule has 0 saturated carbocycles. The summed E-state index contributed by atoms with van der Waals surface area (Å²) < 4.78 is 0. The Hall–Kier alpha value is -3.33. The predicted molar refractivity (Wildman–Crippen MR) is 113 cm³/mol. The van der Waals surface area contributed by atoms with E-state index >= 15 is 0 Å². The molecule has 2 aromatic carbocycles. The van der Waals surface area contributed by atoms with Crippen LogP contribution in [0.1, 0.15) is 31.7 Å². The lowest BCUT2D eigenvalue weighted by atomic mass is 10.1. The molecule has 1 unspecified atom stereocenters. The molecule has 0 spiro atoms. The van der Waals surface area contributed by atoms with Crippen molar-refractivity contribution in [1.29, 1.82) is 0 Å². The third-order valence-electron chi connectivity index (χ3n) is 4.99. The van der Waals surface area contributed by atoms with E-state index in [2.05, 4.69) is 5.43 Å². The van der Waals surface area contributed by atoms with Crippen molar-refractivity contribution >= 4 is 41.1 Å². The first-order chi connectivity index (χ1) is 14.4. The second-order valence-corrected chi connectivity index (χ2v) is 8.26. The molecule has 4 rings (SSSR count). The first-order valence-electron chi connectivity index (χ1n) is 9.32. The van der Waals surface area contributed by atoms with Crippen molar-refractivity contribution in [2.45, 2.75) is 5.37 Å². The molecular formula is C21H20N4O4S. The van der Waals surface area contributed by atoms with Gasteiger partial charge in [-0.25, -0.2) is 5.01 Å². The minimum absolute atomic E-state index is 0.230. The topological polar surface area (TPSA) is 90.0 Å². The number of carbonyl (C=O) groups excluding carboxylic acids is 4. The van der Waals surface area contributed by atoms with E-state index in [-0.39, 0.29) is 28.2 Å². The summed E-state index contributed by atoms with van der Waals surface area (Å²) in [7, 11) is 3.88. The molecule has 0 bridgehead atoms. The summed E-state index contributed by atoms with van der Waals surface area (Å²) in [5.74, 6) is -1.63. The van der Waals surface area contributed by atoms with Gasteiger partial charge in [0.1, 0.15) is 11.9 Å². The molecule has 4 amide bonds. The van der Waals surface area contributed by atoms with Crippen molar-refractivity contribution in [3.63, 3.8) is 0 Å². The molecule has 2 aliphatic rings. The maximum atomic E-state index is 12.6. The highest BCUT2D eigenvalue weighted by Gasteiger charge is 2.38. The van der Waals surface area contributed by atoms with Crippen LogP contribution in [-0.2, 0) is 9.59 Å². The van der Waals surface area contributed by atoms with Gasteiger partial charge < -0.3 is 4.90 Å². The zero-order valence-corrected chi connectivity index (χ0v) is 17.3. The van der Waals surface area contributed by atoms with Crippen LogP contribution in [0.15, 0.2) is 48.5 Å². The number of hydrogen-bond donors (Lipinski definition) is 1. The minimum atomic E-state index is -0.602. The largest absolute Gasteiger partial charge is 0.378 e. The van der Waals surface area contributed by atoms with E-state index in [0.717, 1.165) is 16.2 Å². The fraction of sp³-hybridized carbons (Fsp3) is 0.238. The van der Waals surface area contributed by atoms with Gasteiger partial charge in [-0.1, -0.05) is 24.3 Å². The fourth-order valence-electron chi connectivity index (χ4n) is 3.42. The Labute approximate surface area is 177 Å². The third-order valence-corrected chi connectivity index (χ3v) is 6.20. The van der Waals surface area contributed by atoms with E-state index < -0.39 is 24.3 Å². The number of thioether (sulfide) groups is 1. The number of amides is 4. The number of fused-ring (bicyclic) bond motifs is 1. The van der Waals surface area contributed by atoms with E-state index in [1.165, 1.54) is 16.8 Å². The van der Waals surface area contributed by atoms with Crippen LogP contribution in [0.25, 0.3) is 0 Å². The van der Waals surface area contributed by atoms with Crippen molar-refractivity contribution < 1.29 is 19.2 Å². The predicted octanol–water partition coefficient (Wildman–Crippen LogP) is 1.65. The molecule has 9 heteroatoms. The van der Waals surface area contributed by atoms with E-state index in [4.69, 9.17) is 0 Å². The second-order valence-electron chi connectivity index (χ2n) is 7.19. The number of nitrogens with zero attached hydrogens (tertiary/aromatic N) is 3. The minimum Gasteiger partial charge on any atom is -0.378 e. The molecule has 2 aromatic rings. The molecular weight excluding hydrogens is 404 g/mol. The molecule has 8 nitrogen and oxygen atoms in total. The summed E-state index contributed by atoms with van der Waals surface area (Å²) in [4.78, 5) is 52.7. The van der Waals surface area contributed by atoms with Crippen molar-refractivity contribution in [2.75, 3.05) is 31.3 Å². The lowest BCUT2D eigenvalue weighted by molar-refractivity contribution is -0.139. The van der Waals surface area contributed by atoms with Gasteiger partial charge in [0.15, 0.2) is 0 Å². The van der Waals surface area contributed by atoms with Crippen LogP contribution in [0.2, 0.25) is 0 Å². The van der Waals surface area contributed by atoms with Crippen LogP contribution in [0.4, 0.5) is 5.69 Å². The molecule has 1 saturated heterocycles. The number of rotatable bonds is 5. The molecule has 1 atom stereocenters. The number of imide groups is 1. The smallest absolute Gasteiger partial charge is 0.262 e. The van der Waals surface area contributed by atoms with Crippen molar-refractivity contribution in [3.05, 3.63) is 65.2 Å². The average Bonchev–Trinajstić information content (AvgIpc) is 3.21. The Morgan fingerprint density at radius 1 is 1.03 bits per heavy atom. The van der Waals surface area contributed by atoms with Gasteiger partial charge in [0.25, 0.3) is 23.6 Å². The van der Waals surface area contributed by atoms with E-state index in [9.17, 15) is 19.2 Å². The van der Waals surface area contributed by atoms with Gasteiger partial charge in [0.2, 0.25) is 0 Å². The highest BCUT2D eigenvalue weighted by atomic mass is 32.2. The van der Waals surface area contributed by atoms with Crippen LogP contribution < -0.4 is 10.3 Å². The molecule has 2 heterocycles. The van der Waals surface area contributed by atoms with Gasteiger partial charge >= 0.3 is 0 Å². The number of hydrazine groups is 1. The molecule has 0 aromatic heterocycles. The first-order valence-corrected chi connectivity index (χ1v) is 10.4. The highest BCUT2D eigenvalue weighted by molar-refractivity contribution is 8.00. The van der Waals surface area contributed by atoms with Gasteiger partial charge in [-0.3, -0.25) is 29.5 Å². The highest BCUT2D eigenvalue weighted by Crippen LogP contribution is 2.37. The average molecular weight is 424 g/mol. The summed E-state index contributed by atoms with van der Waals surface area (Å²) >= 11 is 1.40. The number of anilines is 1. The molecule has 1 N–H and O–H groups in total. The molecule has 0 radical (unpaired) electrons. The van der Waals surface area contributed by atoms with Crippen LogP contribution in [-0.4, -0.2) is 59.9 Å². The van der Waals surface area contributed by atoms with Crippen LogP contribution in [0.5, 0.6) is 0 Å². The van der Waals surface area contributed by atoms with Gasteiger partial charge in [-0.2, -0.15) is 0 Å². The molecule has 154 valence electrons. The zero-order chi connectivity index (χ0) is 21.4. The number of hydrogen-bond acceptors (Lipinski definition) is 6. The van der Waals surface area contributed by atoms with E-state index in [0.29, 0.717) is 0 Å². The van der Waals surface area contributed by atoms with Crippen molar-refractivity contribution in [2.24, 2.45) is 0 Å². The quantitative estimate of drug-likeness (QED) is 0.735. The first kappa shape index (κ1) is 20.0. The summed E-state index contributed by atoms with van der Waals surface area (Å²) in [6.45, 7) is -0.451. The van der Waals surface area contributed by atoms with Gasteiger partial charge in [0.05, 0.1) is 16.9 Å². The molecule has 1 fully saturated rings. The van der Waals surface area contributed by atoms with Crippen LogP contribution in [0, 0.1) is 0 Å². The Morgan fingerprint density at radius 2 is 1.63 bits per heavy atom. The molecule has 30 heavy (non-hydrogen) atoms. The zero-order valence-electron chi connectivity index (χ0n) is 16.5. The normalized spacial score (nSPS) is 18.1. The lowest BCUT2D eigenvalue weighted by Gasteiger charge is -2.26. The van der Waals surface area contributed by atoms with Gasteiger partial charge in [-0.05, 0) is 29.8 Å². The Bertz CT molecular complexity index is 1000. The van der Waals surface area contributed by atoms with Crippen LogP contribution in [0.3, 0.4) is 0 Å². The Balaban J connectivity index is 1.46. The number of carbonyl (C=O) groups is 4. The Morgan fingerprint density at radius 3 is 2.20 bits per heavy atom. The second kappa shape index (κ2) is 7.83. The number of nitrogens with one attached hydrogen (secondary N) is 1. The summed E-state index contributed by atoms with van der Waals surface area (Å²) in [6, 6.07) is 14.2. The summed E-state index contributed by atoms with van der Waals surface area (Å²) in [6.07, 6.45) is 0. The van der Waals surface area contributed by atoms with E-state index in [1.54, 1.807) is 24.3 Å². The molecule has 0 aliphatic carbocycles.